The van der Waals surface area contributed by atoms with Crippen LogP contribution in [0.2, 0.25) is 0 Å². The van der Waals surface area contributed by atoms with Crippen LogP contribution in [0.4, 0.5) is 0 Å². The summed E-state index contributed by atoms with van der Waals surface area (Å²) in [5.41, 5.74) is 7.00. The number of rotatable bonds is 10. The number of carbonyl (C=O) groups is 2. The maximum atomic E-state index is 13.4. The van der Waals surface area contributed by atoms with Crippen molar-refractivity contribution < 1.29 is 28.5 Å². The van der Waals surface area contributed by atoms with Crippen molar-refractivity contribution in [2.45, 2.75) is 26.6 Å². The number of aromatic nitrogens is 1. The Kier molecular flexibility index (Phi) is 7.71. The molecule has 3 aromatic carbocycles. The van der Waals surface area contributed by atoms with Gasteiger partial charge in [-0.05, 0) is 52.9 Å². The molecule has 7 nitrogen and oxygen atoms in total. The van der Waals surface area contributed by atoms with E-state index in [9.17, 15) is 9.59 Å². The van der Waals surface area contributed by atoms with Crippen molar-refractivity contribution in [3.05, 3.63) is 125 Å². The lowest BCUT2D eigenvalue weighted by Gasteiger charge is -2.12. The molecule has 0 aliphatic carbocycles. The Balaban J connectivity index is 1.52. The number of benzene rings is 3. The fraction of sp³-hybridized carbons (Fsp3) is 0.167. The first-order chi connectivity index (χ1) is 21.0. The van der Waals surface area contributed by atoms with Crippen LogP contribution in [0.25, 0.3) is 27.7 Å². The zero-order chi connectivity index (χ0) is 29.9. The second-order valence-corrected chi connectivity index (χ2v) is 10.1. The van der Waals surface area contributed by atoms with Crippen LogP contribution in [0, 0.1) is 0 Å². The van der Waals surface area contributed by atoms with Gasteiger partial charge in [0.05, 0.1) is 25.3 Å². The van der Waals surface area contributed by atoms with Gasteiger partial charge >= 0.3 is 11.9 Å². The highest BCUT2D eigenvalue weighted by molar-refractivity contribution is 6.19. The van der Waals surface area contributed by atoms with Crippen molar-refractivity contribution in [1.29, 1.82) is 0 Å². The molecule has 0 atom stereocenters. The summed E-state index contributed by atoms with van der Waals surface area (Å²) < 4.78 is 24.7. The van der Waals surface area contributed by atoms with Gasteiger partial charge in [-0.15, -0.1) is 0 Å². The average molecular weight is 574 g/mol. The van der Waals surface area contributed by atoms with Gasteiger partial charge in [0.1, 0.15) is 41.4 Å². The molecule has 0 spiro atoms. The molecule has 0 unspecified atom stereocenters. The molecule has 0 saturated heterocycles. The standard InChI is InChI=1S/C36H31NO6/c1-4-27-28-19-20-29(43-22-24-13-9-6-10-14-24)33-31(35(38)40-2)32(36(39)41-3)34(37(28)33)30(27)25-15-17-26(18-16-25)42-21-23-11-7-5-8-12-23/h5-20H,4,21-22H2,1-3H3. The number of esters is 2. The smallest absolute Gasteiger partial charge is 0.341 e. The van der Waals surface area contributed by atoms with Gasteiger partial charge < -0.3 is 23.3 Å². The van der Waals surface area contributed by atoms with Crippen molar-refractivity contribution in [3.8, 4) is 22.6 Å². The summed E-state index contributed by atoms with van der Waals surface area (Å²) >= 11 is 0. The van der Waals surface area contributed by atoms with Gasteiger partial charge in [0.25, 0.3) is 0 Å². The number of hydrogen-bond donors (Lipinski definition) is 0. The number of nitrogens with zero attached hydrogens (tertiary/aromatic N) is 1. The van der Waals surface area contributed by atoms with Crippen molar-refractivity contribution in [2.24, 2.45) is 0 Å². The molecule has 0 saturated carbocycles. The van der Waals surface area contributed by atoms with Crippen LogP contribution < -0.4 is 9.47 Å². The number of aryl methyl sites for hydroxylation is 1. The van der Waals surface area contributed by atoms with Crippen molar-refractivity contribution in [1.82, 2.24) is 4.40 Å². The number of pyridine rings is 1. The predicted octanol–water partition coefficient (Wildman–Crippen LogP) is 7.49. The van der Waals surface area contributed by atoms with E-state index in [1.807, 2.05) is 101 Å². The van der Waals surface area contributed by atoms with Crippen molar-refractivity contribution in [2.75, 3.05) is 14.2 Å². The van der Waals surface area contributed by atoms with Crippen LogP contribution >= 0.6 is 0 Å². The summed E-state index contributed by atoms with van der Waals surface area (Å²) in [5, 5.41) is 0. The molecule has 216 valence electrons. The number of hydrogen-bond acceptors (Lipinski definition) is 6. The molecule has 43 heavy (non-hydrogen) atoms. The number of methoxy groups -OCH3 is 2. The normalized spacial score (nSPS) is 11.1. The van der Waals surface area contributed by atoms with Crippen LogP contribution in [0.5, 0.6) is 11.5 Å². The van der Waals surface area contributed by atoms with Crippen molar-refractivity contribution in [3.63, 3.8) is 0 Å². The average Bonchev–Trinajstić information content (AvgIpc) is 3.59. The zero-order valence-electron chi connectivity index (χ0n) is 24.3. The lowest BCUT2D eigenvalue weighted by molar-refractivity contribution is 0.0559. The van der Waals surface area contributed by atoms with Crippen LogP contribution in [0.1, 0.15) is 44.3 Å². The highest BCUT2D eigenvalue weighted by Crippen LogP contribution is 2.45. The molecule has 0 fully saturated rings. The van der Waals surface area contributed by atoms with Gasteiger partial charge in [-0.25, -0.2) is 9.59 Å². The van der Waals surface area contributed by atoms with E-state index >= 15 is 0 Å². The molecule has 7 heteroatoms. The highest BCUT2D eigenvalue weighted by atomic mass is 16.5. The lowest BCUT2D eigenvalue weighted by Crippen LogP contribution is -2.10. The maximum Gasteiger partial charge on any atom is 0.341 e. The first-order valence-electron chi connectivity index (χ1n) is 14.1. The SMILES string of the molecule is CCc1c(-c2ccc(OCc3ccccc3)cc2)c2c(C(=O)OC)c(C(=O)OC)c3c(OCc4ccccc4)ccc1n32. The number of carbonyl (C=O) groups excluding carboxylic acids is 2. The second-order valence-electron chi connectivity index (χ2n) is 10.1. The first-order valence-corrected chi connectivity index (χ1v) is 14.1. The molecule has 0 aliphatic rings. The summed E-state index contributed by atoms with van der Waals surface area (Å²) in [6.45, 7) is 2.81. The minimum atomic E-state index is -0.644. The topological polar surface area (TPSA) is 75.5 Å². The fourth-order valence-corrected chi connectivity index (χ4v) is 5.68. The van der Waals surface area contributed by atoms with Crippen LogP contribution in [-0.2, 0) is 29.1 Å². The molecule has 6 aromatic rings. The lowest BCUT2D eigenvalue weighted by atomic mass is 9.96. The first kappa shape index (κ1) is 27.8. The van der Waals surface area contributed by atoms with Crippen LogP contribution in [-0.4, -0.2) is 30.6 Å². The highest BCUT2D eigenvalue weighted by Gasteiger charge is 2.34. The molecule has 0 aliphatic heterocycles. The molecule has 3 aromatic heterocycles. The fourth-order valence-electron chi connectivity index (χ4n) is 5.68. The van der Waals surface area contributed by atoms with E-state index in [0.29, 0.717) is 29.8 Å². The van der Waals surface area contributed by atoms with Gasteiger partial charge in [0, 0.05) is 5.56 Å². The minimum absolute atomic E-state index is 0.115. The predicted molar refractivity (Wildman–Crippen MR) is 165 cm³/mol. The third-order valence-corrected chi connectivity index (χ3v) is 7.65. The summed E-state index contributed by atoms with van der Waals surface area (Å²) in [7, 11) is 2.61. The third kappa shape index (κ3) is 5.03. The molecule has 0 radical (unpaired) electrons. The Morgan fingerprint density at radius 3 is 1.77 bits per heavy atom. The van der Waals surface area contributed by atoms with E-state index in [1.54, 1.807) is 0 Å². The van der Waals surface area contributed by atoms with E-state index in [4.69, 9.17) is 18.9 Å². The summed E-state index contributed by atoms with van der Waals surface area (Å²) in [5.74, 6) is -0.0839. The summed E-state index contributed by atoms with van der Waals surface area (Å²) in [6.07, 6.45) is 0.691. The zero-order valence-corrected chi connectivity index (χ0v) is 24.3. The molecular formula is C36H31NO6. The largest absolute Gasteiger partial charge is 0.489 e. The van der Waals surface area contributed by atoms with Gasteiger partial charge in [0.15, 0.2) is 0 Å². The summed E-state index contributed by atoms with van der Waals surface area (Å²) in [6, 6.07) is 31.3. The Morgan fingerprint density at radius 2 is 1.21 bits per heavy atom. The van der Waals surface area contributed by atoms with E-state index in [-0.39, 0.29) is 17.7 Å². The molecule has 0 bridgehead atoms. The molecule has 6 rings (SSSR count). The van der Waals surface area contributed by atoms with E-state index in [1.165, 1.54) is 14.2 Å². The van der Waals surface area contributed by atoms with E-state index in [0.717, 1.165) is 39.1 Å². The molecular weight excluding hydrogens is 542 g/mol. The Morgan fingerprint density at radius 1 is 0.651 bits per heavy atom. The van der Waals surface area contributed by atoms with Gasteiger partial charge in [-0.1, -0.05) is 79.7 Å². The third-order valence-electron chi connectivity index (χ3n) is 7.65. The quantitative estimate of drug-likeness (QED) is 0.158. The summed E-state index contributed by atoms with van der Waals surface area (Å²) in [4.78, 5) is 26.8. The molecule has 0 amide bonds. The Bertz CT molecular complexity index is 1890. The van der Waals surface area contributed by atoms with Gasteiger partial charge in [-0.2, -0.15) is 0 Å². The van der Waals surface area contributed by atoms with Crippen molar-refractivity contribution >= 4 is 28.5 Å². The minimum Gasteiger partial charge on any atom is -0.489 e. The van der Waals surface area contributed by atoms with E-state index < -0.39 is 11.9 Å². The molecule has 3 heterocycles. The molecule has 0 N–H and O–H groups in total. The second kappa shape index (κ2) is 11.9. The monoisotopic (exact) mass is 573 g/mol. The number of ether oxygens (including phenoxy) is 4. The maximum absolute atomic E-state index is 13.4. The Hall–Kier alpha value is -5.30. The van der Waals surface area contributed by atoms with Crippen LogP contribution in [0.15, 0.2) is 97.1 Å². The van der Waals surface area contributed by atoms with Crippen LogP contribution in [0.3, 0.4) is 0 Å². The Labute approximate surface area is 249 Å². The van der Waals surface area contributed by atoms with Gasteiger partial charge in [-0.3, -0.25) is 0 Å². The van der Waals surface area contributed by atoms with E-state index in [2.05, 4.69) is 6.92 Å². The van der Waals surface area contributed by atoms with Gasteiger partial charge in [0.2, 0.25) is 0 Å².